The lowest BCUT2D eigenvalue weighted by Crippen LogP contribution is -2.09. The number of rotatable bonds is 4. The van der Waals surface area contributed by atoms with E-state index in [-0.39, 0.29) is 12.5 Å². The first kappa shape index (κ1) is 18.4. The van der Waals surface area contributed by atoms with Crippen molar-refractivity contribution < 1.29 is 18.7 Å². The molecule has 1 amide bonds. The van der Waals surface area contributed by atoms with Crippen LogP contribution in [0.15, 0.2) is 75.9 Å². The lowest BCUT2D eigenvalue weighted by Gasteiger charge is -2.10. The van der Waals surface area contributed by atoms with Gasteiger partial charge in [0.05, 0.1) is 5.56 Å². The molecule has 0 saturated carbocycles. The SMILES string of the molecule is CC(=O)Nc1ccc(C(=O)OCc2cc(=O)oc3ccc4ccccc4c23)cc1. The Morgan fingerprint density at radius 3 is 2.52 bits per heavy atom. The average Bonchev–Trinajstić information content (AvgIpc) is 2.71. The van der Waals surface area contributed by atoms with Crippen molar-refractivity contribution in [2.45, 2.75) is 13.5 Å². The largest absolute Gasteiger partial charge is 0.457 e. The predicted octanol–water partition coefficient (Wildman–Crippen LogP) is 4.26. The molecule has 0 spiro atoms. The molecule has 6 nitrogen and oxygen atoms in total. The molecule has 0 aliphatic rings. The molecule has 4 rings (SSSR count). The molecule has 0 fully saturated rings. The first-order valence-electron chi connectivity index (χ1n) is 9.00. The molecule has 0 radical (unpaired) electrons. The van der Waals surface area contributed by atoms with Crippen LogP contribution in [0.4, 0.5) is 5.69 Å². The summed E-state index contributed by atoms with van der Waals surface area (Å²) in [6.07, 6.45) is 0. The first-order chi connectivity index (χ1) is 14.0. The van der Waals surface area contributed by atoms with Gasteiger partial charge >= 0.3 is 11.6 Å². The molecule has 0 unspecified atom stereocenters. The van der Waals surface area contributed by atoms with E-state index in [1.54, 1.807) is 30.3 Å². The highest BCUT2D eigenvalue weighted by atomic mass is 16.5. The number of ether oxygens (including phenoxy) is 1. The third kappa shape index (κ3) is 3.87. The van der Waals surface area contributed by atoms with Crippen LogP contribution >= 0.6 is 0 Å². The van der Waals surface area contributed by atoms with E-state index >= 15 is 0 Å². The third-order valence-electron chi connectivity index (χ3n) is 4.51. The fourth-order valence-electron chi connectivity index (χ4n) is 3.25. The van der Waals surface area contributed by atoms with E-state index in [1.165, 1.54) is 13.0 Å². The third-order valence-corrected chi connectivity index (χ3v) is 4.51. The quantitative estimate of drug-likeness (QED) is 0.321. The zero-order chi connectivity index (χ0) is 20.4. The molecule has 0 aliphatic carbocycles. The molecule has 1 N–H and O–H groups in total. The number of hydrogen-bond acceptors (Lipinski definition) is 5. The molecule has 144 valence electrons. The topological polar surface area (TPSA) is 85.6 Å². The van der Waals surface area contributed by atoms with Crippen LogP contribution in [-0.4, -0.2) is 11.9 Å². The van der Waals surface area contributed by atoms with Crippen molar-refractivity contribution in [2.75, 3.05) is 5.32 Å². The van der Waals surface area contributed by atoms with Crippen LogP contribution in [0, 0.1) is 0 Å². The number of anilines is 1. The van der Waals surface area contributed by atoms with Crippen LogP contribution in [-0.2, 0) is 16.1 Å². The molecular weight excluding hydrogens is 370 g/mol. The van der Waals surface area contributed by atoms with E-state index in [4.69, 9.17) is 9.15 Å². The van der Waals surface area contributed by atoms with Crippen LogP contribution in [0.25, 0.3) is 21.7 Å². The van der Waals surface area contributed by atoms with E-state index in [2.05, 4.69) is 5.32 Å². The summed E-state index contributed by atoms with van der Waals surface area (Å²) in [5.41, 5.74) is 1.46. The van der Waals surface area contributed by atoms with Gasteiger partial charge in [-0.1, -0.05) is 30.3 Å². The maximum absolute atomic E-state index is 12.4. The van der Waals surface area contributed by atoms with Gasteiger partial charge in [-0.3, -0.25) is 4.79 Å². The molecule has 29 heavy (non-hydrogen) atoms. The van der Waals surface area contributed by atoms with Gasteiger partial charge in [-0.15, -0.1) is 0 Å². The van der Waals surface area contributed by atoms with E-state index < -0.39 is 11.6 Å². The second-order valence-corrected chi connectivity index (χ2v) is 6.59. The summed E-state index contributed by atoms with van der Waals surface area (Å²) in [5.74, 6) is -0.719. The van der Waals surface area contributed by atoms with Crippen molar-refractivity contribution in [2.24, 2.45) is 0 Å². The summed E-state index contributed by atoms with van der Waals surface area (Å²) in [6, 6.07) is 19.1. The van der Waals surface area contributed by atoms with Crippen molar-refractivity contribution in [1.82, 2.24) is 0 Å². The van der Waals surface area contributed by atoms with E-state index in [1.807, 2.05) is 30.3 Å². The maximum Gasteiger partial charge on any atom is 0.338 e. The molecule has 1 aromatic heterocycles. The number of fused-ring (bicyclic) bond motifs is 3. The lowest BCUT2D eigenvalue weighted by atomic mass is 10.0. The molecule has 3 aromatic carbocycles. The second kappa shape index (κ2) is 7.59. The Morgan fingerprint density at radius 1 is 1.00 bits per heavy atom. The van der Waals surface area contributed by atoms with Gasteiger partial charge in [-0.25, -0.2) is 9.59 Å². The minimum Gasteiger partial charge on any atom is -0.457 e. The highest BCUT2D eigenvalue weighted by molar-refractivity contribution is 6.07. The molecule has 4 aromatic rings. The van der Waals surface area contributed by atoms with Crippen LogP contribution < -0.4 is 10.9 Å². The van der Waals surface area contributed by atoms with Gasteiger partial charge in [0.1, 0.15) is 12.2 Å². The smallest absolute Gasteiger partial charge is 0.338 e. The molecule has 0 aliphatic heterocycles. The van der Waals surface area contributed by atoms with E-state index in [0.717, 1.165) is 16.2 Å². The lowest BCUT2D eigenvalue weighted by molar-refractivity contribution is -0.114. The number of carbonyl (C=O) groups is 2. The fourth-order valence-corrected chi connectivity index (χ4v) is 3.25. The summed E-state index contributed by atoms with van der Waals surface area (Å²) in [4.78, 5) is 35.4. The van der Waals surface area contributed by atoms with Crippen LogP contribution in [0.3, 0.4) is 0 Å². The zero-order valence-electron chi connectivity index (χ0n) is 15.6. The average molecular weight is 387 g/mol. The van der Waals surface area contributed by atoms with Gasteiger partial charge in [-0.05, 0) is 41.1 Å². The van der Waals surface area contributed by atoms with Crippen molar-refractivity contribution in [3.05, 3.63) is 88.3 Å². The van der Waals surface area contributed by atoms with E-state index in [9.17, 15) is 14.4 Å². The van der Waals surface area contributed by atoms with Crippen molar-refractivity contribution in [1.29, 1.82) is 0 Å². The Kier molecular flexibility index (Phi) is 4.83. The van der Waals surface area contributed by atoms with Gasteiger partial charge in [0.15, 0.2) is 0 Å². The summed E-state index contributed by atoms with van der Waals surface area (Å²) in [6.45, 7) is 1.34. The standard InChI is InChI=1S/C23H17NO5/c1-14(25)24-18-9-6-16(7-10-18)23(27)28-13-17-12-21(26)29-20-11-8-15-4-2-3-5-19(15)22(17)20/h2-12H,13H2,1H3,(H,24,25). The summed E-state index contributed by atoms with van der Waals surface area (Å²) in [7, 11) is 0. The number of hydrogen-bond donors (Lipinski definition) is 1. The summed E-state index contributed by atoms with van der Waals surface area (Å²) in [5, 5.41) is 5.29. The van der Waals surface area contributed by atoms with Gasteiger partial charge in [0.25, 0.3) is 0 Å². The Labute approximate surface area is 165 Å². The minimum atomic E-state index is -0.527. The Hall–Kier alpha value is -3.93. The van der Waals surface area contributed by atoms with Gasteiger partial charge in [0.2, 0.25) is 5.91 Å². The van der Waals surface area contributed by atoms with Gasteiger partial charge in [0, 0.05) is 29.6 Å². The van der Waals surface area contributed by atoms with Crippen LogP contribution in [0.5, 0.6) is 0 Å². The summed E-state index contributed by atoms with van der Waals surface area (Å²) < 4.78 is 10.8. The van der Waals surface area contributed by atoms with Crippen molar-refractivity contribution in [3.63, 3.8) is 0 Å². The highest BCUT2D eigenvalue weighted by Crippen LogP contribution is 2.28. The molecule has 1 heterocycles. The maximum atomic E-state index is 12.4. The number of nitrogens with one attached hydrogen (secondary N) is 1. The molecule has 0 bridgehead atoms. The minimum absolute atomic E-state index is 0.0671. The Balaban J connectivity index is 1.62. The van der Waals surface area contributed by atoms with Crippen molar-refractivity contribution >= 4 is 39.3 Å². The van der Waals surface area contributed by atoms with Gasteiger partial charge in [-0.2, -0.15) is 0 Å². The molecular formula is C23H17NO5. The Bertz CT molecular complexity index is 1290. The zero-order valence-corrected chi connectivity index (χ0v) is 15.6. The monoisotopic (exact) mass is 387 g/mol. The fraction of sp³-hybridized carbons (Fsp3) is 0.0870. The highest BCUT2D eigenvalue weighted by Gasteiger charge is 2.13. The molecule has 0 atom stereocenters. The van der Waals surface area contributed by atoms with Crippen LogP contribution in [0.2, 0.25) is 0 Å². The number of esters is 1. The van der Waals surface area contributed by atoms with E-state index in [0.29, 0.717) is 22.4 Å². The Morgan fingerprint density at radius 2 is 1.76 bits per heavy atom. The number of benzene rings is 3. The summed E-state index contributed by atoms with van der Waals surface area (Å²) >= 11 is 0. The van der Waals surface area contributed by atoms with Crippen LogP contribution in [0.1, 0.15) is 22.8 Å². The molecule has 0 saturated heterocycles. The normalized spacial score (nSPS) is 10.8. The van der Waals surface area contributed by atoms with Crippen molar-refractivity contribution in [3.8, 4) is 0 Å². The second-order valence-electron chi connectivity index (χ2n) is 6.59. The van der Waals surface area contributed by atoms with Gasteiger partial charge < -0.3 is 14.5 Å². The first-order valence-corrected chi connectivity index (χ1v) is 9.00. The number of carbonyl (C=O) groups excluding carboxylic acids is 2. The number of amides is 1. The predicted molar refractivity (Wildman–Crippen MR) is 110 cm³/mol. The molecule has 6 heteroatoms.